The van der Waals surface area contributed by atoms with E-state index in [2.05, 4.69) is 0 Å². The van der Waals surface area contributed by atoms with Gasteiger partial charge in [0.05, 0.1) is 0 Å². The van der Waals surface area contributed by atoms with Crippen LogP contribution in [0.1, 0.15) is 6.42 Å². The van der Waals surface area contributed by atoms with Crippen LogP contribution in [0.25, 0.3) is 0 Å². The fourth-order valence-electron chi connectivity index (χ4n) is 1.18. The Labute approximate surface area is 121 Å². The van der Waals surface area contributed by atoms with Gasteiger partial charge in [-0.3, -0.25) is 0 Å². The molecule has 146 valence electrons. The Hall–Kier alpha value is -1.09. The van der Waals surface area contributed by atoms with E-state index in [1.54, 1.807) is 0 Å². The molecular formula is C8H3F15O. The fourth-order valence-corrected chi connectivity index (χ4v) is 1.18. The van der Waals surface area contributed by atoms with Crippen LogP contribution < -0.4 is 0 Å². The molecule has 0 unspecified atom stereocenters. The Morgan fingerprint density at radius 2 is 0.750 bits per heavy atom. The summed E-state index contributed by atoms with van der Waals surface area (Å²) in [4.78, 5) is 0. The molecule has 0 radical (unpaired) electrons. The number of rotatable bonds is 6. The maximum Gasteiger partial charge on any atom is 0.423 e. The molecule has 0 rings (SSSR count). The molecule has 0 bridgehead atoms. The minimum absolute atomic E-state index is 4.15. The molecule has 0 heterocycles. The van der Waals surface area contributed by atoms with Crippen molar-refractivity contribution in [1.29, 1.82) is 0 Å². The first-order valence-electron chi connectivity index (χ1n) is 5.02. The molecule has 0 atom stereocenters. The monoisotopic (exact) mass is 400 g/mol. The maximum atomic E-state index is 12.8. The Kier molecular flexibility index (Phi) is 5.21. The lowest BCUT2D eigenvalue weighted by molar-refractivity contribution is -0.454. The molecule has 0 amide bonds. The highest BCUT2D eigenvalue weighted by Crippen LogP contribution is 2.60. The quantitative estimate of drug-likeness (QED) is 0.641. The van der Waals surface area contributed by atoms with E-state index >= 15 is 0 Å². The van der Waals surface area contributed by atoms with Crippen LogP contribution in [0.3, 0.4) is 0 Å². The first-order valence-corrected chi connectivity index (χ1v) is 5.02. The minimum Gasteiger partial charge on any atom is -0.331 e. The lowest BCUT2D eigenvalue weighted by Gasteiger charge is -2.40. The average Bonchev–Trinajstić information content (AvgIpc) is 2.22. The zero-order chi connectivity index (χ0) is 20.2. The summed E-state index contributed by atoms with van der Waals surface area (Å²) in [5, 5.41) is 7.39. The molecule has 0 aliphatic heterocycles. The second-order valence-corrected chi connectivity index (χ2v) is 4.34. The molecule has 0 saturated carbocycles. The largest absolute Gasteiger partial charge is 0.423 e. The lowest BCUT2D eigenvalue weighted by atomic mass is 9.92. The third kappa shape index (κ3) is 3.33. The molecule has 0 aromatic carbocycles. The first kappa shape index (κ1) is 22.9. The molecule has 0 spiro atoms. The molecule has 0 aliphatic rings. The molecule has 0 aliphatic carbocycles. The summed E-state index contributed by atoms with van der Waals surface area (Å²) in [6.45, 7) is 0. The predicted molar refractivity (Wildman–Crippen MR) is 42.6 cm³/mol. The number of halogens is 15. The highest BCUT2D eigenvalue weighted by atomic mass is 19.4. The Morgan fingerprint density at radius 1 is 0.458 bits per heavy atom. The van der Waals surface area contributed by atoms with E-state index in [1.165, 1.54) is 0 Å². The van der Waals surface area contributed by atoms with Crippen LogP contribution in [0.4, 0.5) is 65.9 Å². The maximum absolute atomic E-state index is 12.8. The fraction of sp³-hybridized carbons (Fsp3) is 1.00. The zero-order valence-electron chi connectivity index (χ0n) is 10.3. The molecule has 0 saturated heterocycles. The average molecular weight is 400 g/mol. The second-order valence-electron chi connectivity index (χ2n) is 4.34. The normalized spacial score (nSPS) is 16.5. The van der Waals surface area contributed by atoms with Gasteiger partial charge in [-0.25, -0.2) is 0 Å². The molecule has 1 nitrogen and oxygen atoms in total. The van der Waals surface area contributed by atoms with Crippen LogP contribution in [0, 0.1) is 0 Å². The highest BCUT2D eigenvalue weighted by Gasteiger charge is 2.90. The molecule has 1 N–H and O–H groups in total. The van der Waals surface area contributed by atoms with E-state index in [0.717, 1.165) is 0 Å². The van der Waals surface area contributed by atoms with E-state index < -0.39 is 48.3 Å². The third-order valence-corrected chi connectivity index (χ3v) is 2.44. The summed E-state index contributed by atoms with van der Waals surface area (Å²) in [5.41, 5.74) is 0. The van der Waals surface area contributed by atoms with Crippen molar-refractivity contribution in [2.75, 3.05) is 0 Å². The number of aliphatic hydroxyl groups is 1. The lowest BCUT2D eigenvalue weighted by Crippen LogP contribution is -2.70. The third-order valence-electron chi connectivity index (χ3n) is 2.44. The predicted octanol–water partition coefficient (Wildman–Crippen LogP) is 4.70. The van der Waals surface area contributed by atoms with Gasteiger partial charge in [0.25, 0.3) is 0 Å². The van der Waals surface area contributed by atoms with Crippen molar-refractivity contribution < 1.29 is 71.0 Å². The number of hydrogen-bond acceptors (Lipinski definition) is 1. The van der Waals surface area contributed by atoms with Crippen molar-refractivity contribution in [3.05, 3.63) is 0 Å². The van der Waals surface area contributed by atoms with E-state index in [0.29, 0.717) is 0 Å². The SMILES string of the molecule is OC(F)(F)C(F)(F)C(F)(F)C(F)(F)C(F)(F)C(F)(F)CC(F)(F)F. The summed E-state index contributed by atoms with van der Waals surface area (Å²) in [5.74, 6) is -38.9. The Balaban J connectivity index is 6.21. The van der Waals surface area contributed by atoms with Crippen molar-refractivity contribution in [3.8, 4) is 0 Å². The van der Waals surface area contributed by atoms with Crippen molar-refractivity contribution in [2.24, 2.45) is 0 Å². The Morgan fingerprint density at radius 3 is 1.00 bits per heavy atom. The summed E-state index contributed by atoms with van der Waals surface area (Å²) in [6, 6.07) is 0. The summed E-state index contributed by atoms with van der Waals surface area (Å²) in [7, 11) is 0. The van der Waals surface area contributed by atoms with Crippen LogP contribution >= 0.6 is 0 Å². The minimum atomic E-state index is -8.12. The van der Waals surface area contributed by atoms with Gasteiger partial charge in [-0.05, 0) is 0 Å². The first-order chi connectivity index (χ1) is 9.96. The van der Waals surface area contributed by atoms with E-state index in [1.807, 2.05) is 0 Å². The van der Waals surface area contributed by atoms with Gasteiger partial charge in [0.1, 0.15) is 6.42 Å². The number of hydrogen-bond donors (Lipinski definition) is 1. The second kappa shape index (κ2) is 5.45. The molecule has 0 fully saturated rings. The van der Waals surface area contributed by atoms with Crippen molar-refractivity contribution in [3.63, 3.8) is 0 Å². The van der Waals surface area contributed by atoms with Crippen molar-refractivity contribution in [1.82, 2.24) is 0 Å². The van der Waals surface area contributed by atoms with Gasteiger partial charge in [0, 0.05) is 0 Å². The van der Waals surface area contributed by atoms with E-state index in [-0.39, 0.29) is 0 Å². The molecular weight excluding hydrogens is 397 g/mol. The van der Waals surface area contributed by atoms with Crippen molar-refractivity contribution in [2.45, 2.75) is 48.3 Å². The van der Waals surface area contributed by atoms with E-state index in [4.69, 9.17) is 5.11 Å². The van der Waals surface area contributed by atoms with Crippen LogP contribution in [-0.4, -0.2) is 47.0 Å². The van der Waals surface area contributed by atoms with Crippen molar-refractivity contribution >= 4 is 0 Å². The smallest absolute Gasteiger partial charge is 0.331 e. The summed E-state index contributed by atoms with van der Waals surface area (Å²) >= 11 is 0. The Bertz CT molecular complexity index is 455. The zero-order valence-corrected chi connectivity index (χ0v) is 10.3. The van der Waals surface area contributed by atoms with Gasteiger partial charge in [0.15, 0.2) is 0 Å². The van der Waals surface area contributed by atoms with Gasteiger partial charge in [-0.15, -0.1) is 0 Å². The molecule has 0 aromatic heterocycles. The summed E-state index contributed by atoms with van der Waals surface area (Å²) in [6.07, 6.45) is -17.6. The van der Waals surface area contributed by atoms with E-state index in [9.17, 15) is 65.9 Å². The summed E-state index contributed by atoms with van der Waals surface area (Å²) < 4.78 is 185. The highest BCUT2D eigenvalue weighted by molar-refractivity contribution is 5.10. The van der Waals surface area contributed by atoms with Gasteiger partial charge in [-0.1, -0.05) is 0 Å². The van der Waals surface area contributed by atoms with Gasteiger partial charge < -0.3 is 5.11 Å². The molecule has 24 heavy (non-hydrogen) atoms. The van der Waals surface area contributed by atoms with Crippen LogP contribution in [0.2, 0.25) is 0 Å². The topological polar surface area (TPSA) is 20.2 Å². The number of alkyl halides is 15. The van der Waals surface area contributed by atoms with Gasteiger partial charge >= 0.3 is 41.9 Å². The van der Waals surface area contributed by atoms with Gasteiger partial charge in [-0.2, -0.15) is 65.9 Å². The molecule has 16 heteroatoms. The van der Waals surface area contributed by atoms with Crippen LogP contribution in [0.15, 0.2) is 0 Å². The van der Waals surface area contributed by atoms with Crippen LogP contribution in [-0.2, 0) is 0 Å². The van der Waals surface area contributed by atoms with Crippen LogP contribution in [0.5, 0.6) is 0 Å². The standard InChI is InChI=1S/C8H3F15O/c9-2(10,1-3(11,12)13)4(14,15)5(16,17)6(18,19)7(20,21)8(22,23)24/h24H,1H2. The molecule has 0 aromatic rings. The van der Waals surface area contributed by atoms with Gasteiger partial charge in [0.2, 0.25) is 0 Å².